The van der Waals surface area contributed by atoms with Crippen LogP contribution in [-0.2, 0) is 9.84 Å². The third kappa shape index (κ3) is 2.47. The van der Waals surface area contributed by atoms with Crippen molar-refractivity contribution in [1.82, 2.24) is 19.9 Å². The Balaban J connectivity index is 2.26. The minimum Gasteiger partial charge on any atom is -0.345 e. The average Bonchev–Trinajstić information content (AvgIpc) is 2.81. The van der Waals surface area contributed by atoms with Gasteiger partial charge in [-0.3, -0.25) is 0 Å². The fraction of sp³-hybridized carbons (Fsp3) is 0.0833. The van der Waals surface area contributed by atoms with Gasteiger partial charge in [-0.15, -0.1) is 0 Å². The Labute approximate surface area is 123 Å². The molecule has 0 fully saturated rings. The zero-order valence-electron chi connectivity index (χ0n) is 10.6. The summed E-state index contributed by atoms with van der Waals surface area (Å²) in [6.45, 7) is 0. The van der Waals surface area contributed by atoms with E-state index in [-0.39, 0.29) is 5.82 Å². The Hall–Kier alpha value is -2.06. The molecule has 0 aliphatic rings. The highest BCUT2D eigenvalue weighted by Crippen LogP contribution is 2.27. The van der Waals surface area contributed by atoms with E-state index in [1.807, 2.05) is 0 Å². The third-order valence-corrected chi connectivity index (χ3v) is 4.00. The first-order chi connectivity index (χ1) is 9.86. The van der Waals surface area contributed by atoms with Crippen LogP contribution in [0.5, 0.6) is 0 Å². The van der Waals surface area contributed by atoms with Crippen molar-refractivity contribution in [1.29, 1.82) is 0 Å². The molecule has 3 heterocycles. The van der Waals surface area contributed by atoms with Crippen molar-refractivity contribution in [2.75, 3.05) is 6.26 Å². The highest BCUT2D eigenvalue weighted by molar-refractivity contribution is 7.90. The van der Waals surface area contributed by atoms with Crippen molar-refractivity contribution in [2.45, 2.75) is 5.03 Å². The van der Waals surface area contributed by atoms with Gasteiger partial charge in [-0.2, -0.15) is 0 Å². The molecule has 9 heteroatoms. The maximum absolute atomic E-state index is 13.5. The molecule has 0 amide bonds. The molecule has 3 rings (SSSR count). The molecule has 0 spiro atoms. The van der Waals surface area contributed by atoms with Gasteiger partial charge in [0, 0.05) is 29.6 Å². The van der Waals surface area contributed by atoms with Gasteiger partial charge in [0.05, 0.1) is 11.2 Å². The maximum Gasteiger partial charge on any atom is 0.195 e. The van der Waals surface area contributed by atoms with E-state index in [0.717, 1.165) is 12.5 Å². The van der Waals surface area contributed by atoms with E-state index < -0.39 is 20.7 Å². The molecule has 108 valence electrons. The molecule has 1 N–H and O–H groups in total. The van der Waals surface area contributed by atoms with Crippen LogP contribution in [0, 0.1) is 5.82 Å². The van der Waals surface area contributed by atoms with Gasteiger partial charge in [0.1, 0.15) is 5.65 Å². The summed E-state index contributed by atoms with van der Waals surface area (Å²) < 4.78 is 36.6. The summed E-state index contributed by atoms with van der Waals surface area (Å²) in [6, 6.07) is 1.64. The number of rotatable bonds is 2. The number of nitrogens with one attached hydrogen (secondary N) is 1. The van der Waals surface area contributed by atoms with Crippen LogP contribution >= 0.6 is 11.6 Å². The molecule has 21 heavy (non-hydrogen) atoms. The minimum atomic E-state index is -3.79. The van der Waals surface area contributed by atoms with Gasteiger partial charge in [0.25, 0.3) is 0 Å². The van der Waals surface area contributed by atoms with Crippen LogP contribution in [-0.4, -0.2) is 34.6 Å². The lowest BCUT2D eigenvalue weighted by molar-refractivity contribution is 0.552. The number of nitrogens with zero attached hydrogens (tertiary/aromatic N) is 3. The number of H-pyrrole nitrogens is 1. The molecular weight excluding hydrogens is 319 g/mol. The van der Waals surface area contributed by atoms with Crippen LogP contribution in [0.3, 0.4) is 0 Å². The number of hydrogen-bond acceptors (Lipinski definition) is 5. The van der Waals surface area contributed by atoms with E-state index in [1.54, 1.807) is 12.3 Å². The molecule has 3 aromatic heterocycles. The summed E-state index contributed by atoms with van der Waals surface area (Å²) in [4.78, 5) is 14.6. The molecule has 0 saturated heterocycles. The highest BCUT2D eigenvalue weighted by Gasteiger charge is 2.19. The molecule has 0 aliphatic carbocycles. The van der Waals surface area contributed by atoms with Crippen molar-refractivity contribution in [3.8, 4) is 11.4 Å². The lowest BCUT2D eigenvalue weighted by Gasteiger charge is -2.03. The Morgan fingerprint density at radius 2 is 2.05 bits per heavy atom. The molecule has 0 atom stereocenters. The van der Waals surface area contributed by atoms with Crippen LogP contribution in [0.25, 0.3) is 22.4 Å². The summed E-state index contributed by atoms with van der Waals surface area (Å²) in [5.74, 6) is -0.913. The Kier molecular flexibility index (Phi) is 3.14. The number of fused-ring (bicyclic) bond motifs is 1. The molecule has 3 aromatic rings. The zero-order chi connectivity index (χ0) is 15.2. The van der Waals surface area contributed by atoms with Crippen LogP contribution in [0.2, 0.25) is 5.02 Å². The second-order valence-corrected chi connectivity index (χ2v) is 6.74. The van der Waals surface area contributed by atoms with Crippen molar-refractivity contribution in [2.24, 2.45) is 0 Å². The highest BCUT2D eigenvalue weighted by atomic mass is 35.5. The monoisotopic (exact) mass is 326 g/mol. The van der Waals surface area contributed by atoms with Gasteiger partial charge >= 0.3 is 0 Å². The van der Waals surface area contributed by atoms with Gasteiger partial charge in [0.15, 0.2) is 26.5 Å². The molecular formula is C12H8ClFN4O2S. The minimum absolute atomic E-state index is 0.0761. The van der Waals surface area contributed by atoms with Crippen LogP contribution in [0.4, 0.5) is 4.39 Å². The molecule has 6 nitrogen and oxygen atoms in total. The van der Waals surface area contributed by atoms with Crippen LogP contribution < -0.4 is 0 Å². The van der Waals surface area contributed by atoms with Crippen molar-refractivity contribution in [3.63, 3.8) is 0 Å². The number of halogens is 2. The van der Waals surface area contributed by atoms with Crippen LogP contribution in [0.1, 0.15) is 0 Å². The SMILES string of the molecule is CS(=O)(=O)c1nc(-c2c[nH]c3ncc(Cl)cc23)ncc1F. The summed E-state index contributed by atoms with van der Waals surface area (Å²) in [7, 11) is -3.79. The molecule has 0 bridgehead atoms. The first kappa shape index (κ1) is 13.9. The van der Waals surface area contributed by atoms with E-state index >= 15 is 0 Å². The van der Waals surface area contributed by atoms with Crippen molar-refractivity contribution in [3.05, 3.63) is 35.5 Å². The van der Waals surface area contributed by atoms with E-state index in [4.69, 9.17) is 11.6 Å². The van der Waals surface area contributed by atoms with E-state index in [0.29, 0.717) is 21.6 Å². The predicted molar refractivity (Wildman–Crippen MR) is 75.2 cm³/mol. The van der Waals surface area contributed by atoms with E-state index in [1.165, 1.54) is 6.20 Å². The van der Waals surface area contributed by atoms with Crippen molar-refractivity contribution >= 4 is 32.5 Å². The van der Waals surface area contributed by atoms with Gasteiger partial charge in [-0.25, -0.2) is 27.8 Å². The Bertz CT molecular complexity index is 955. The fourth-order valence-electron chi connectivity index (χ4n) is 1.90. The molecule has 0 unspecified atom stereocenters. The second kappa shape index (κ2) is 4.74. The number of pyridine rings is 1. The smallest absolute Gasteiger partial charge is 0.195 e. The number of hydrogen-bond donors (Lipinski definition) is 1. The largest absolute Gasteiger partial charge is 0.345 e. The lowest BCUT2D eigenvalue weighted by atomic mass is 10.2. The first-order valence-corrected chi connectivity index (χ1v) is 7.99. The maximum atomic E-state index is 13.5. The summed E-state index contributed by atoms with van der Waals surface area (Å²) in [5, 5.41) is 0.388. The van der Waals surface area contributed by atoms with Gasteiger partial charge < -0.3 is 4.98 Å². The zero-order valence-corrected chi connectivity index (χ0v) is 12.2. The predicted octanol–water partition coefficient (Wildman–Crippen LogP) is 2.22. The van der Waals surface area contributed by atoms with Gasteiger partial charge in [-0.05, 0) is 6.07 Å². The van der Waals surface area contributed by atoms with Crippen molar-refractivity contribution < 1.29 is 12.8 Å². The quantitative estimate of drug-likeness (QED) is 0.729. The summed E-state index contributed by atoms with van der Waals surface area (Å²) >= 11 is 5.89. The molecule has 0 aliphatic heterocycles. The fourth-order valence-corrected chi connectivity index (χ4v) is 2.72. The number of aromatic nitrogens is 4. The third-order valence-electron chi connectivity index (χ3n) is 2.80. The van der Waals surface area contributed by atoms with Gasteiger partial charge in [-0.1, -0.05) is 11.6 Å². The number of sulfone groups is 1. The normalized spacial score (nSPS) is 12.0. The van der Waals surface area contributed by atoms with E-state index in [9.17, 15) is 12.8 Å². The Morgan fingerprint density at radius 1 is 1.29 bits per heavy atom. The molecule has 0 radical (unpaired) electrons. The number of aromatic amines is 1. The lowest BCUT2D eigenvalue weighted by Crippen LogP contribution is -2.06. The topological polar surface area (TPSA) is 88.6 Å². The molecule has 0 saturated carbocycles. The first-order valence-electron chi connectivity index (χ1n) is 5.72. The van der Waals surface area contributed by atoms with Crippen LogP contribution in [0.15, 0.2) is 29.7 Å². The molecule has 0 aromatic carbocycles. The van der Waals surface area contributed by atoms with Gasteiger partial charge in [0.2, 0.25) is 0 Å². The summed E-state index contributed by atoms with van der Waals surface area (Å²) in [6.07, 6.45) is 4.75. The second-order valence-electron chi connectivity index (χ2n) is 4.37. The Morgan fingerprint density at radius 3 is 2.76 bits per heavy atom. The standard InChI is InChI=1S/C12H8ClFN4O2S/c1-21(19,20)12-9(14)5-17-11(18-12)8-4-16-10-7(8)2-6(13)3-15-10/h2-5H,1H3,(H,15,16). The average molecular weight is 327 g/mol. The van der Waals surface area contributed by atoms with E-state index in [2.05, 4.69) is 19.9 Å². The summed E-state index contributed by atoms with van der Waals surface area (Å²) in [5.41, 5.74) is 1.04.